The van der Waals surface area contributed by atoms with Crippen molar-refractivity contribution < 1.29 is 14.3 Å². The maximum atomic E-state index is 12.9. The van der Waals surface area contributed by atoms with Gasteiger partial charge in [0.15, 0.2) is 0 Å². The standard InChI is InChI=1S/C23H27N3O3S/c1-12-14(3)20(26-22(28)29-23(5,6)7)15(4)13(2)19(12)25-21(27)16-8-9-17-18(10-16)30-11-24-17/h8-11H,1-7H3,(H,25,27)(H,26,28). The van der Waals surface area contributed by atoms with Gasteiger partial charge in [0.05, 0.1) is 21.4 Å². The first-order chi connectivity index (χ1) is 14.0. The molecule has 2 aromatic carbocycles. The van der Waals surface area contributed by atoms with Crippen LogP contribution in [0.15, 0.2) is 23.7 Å². The van der Waals surface area contributed by atoms with Gasteiger partial charge < -0.3 is 10.1 Å². The summed E-state index contributed by atoms with van der Waals surface area (Å²) < 4.78 is 6.36. The van der Waals surface area contributed by atoms with Gasteiger partial charge in [0.2, 0.25) is 0 Å². The van der Waals surface area contributed by atoms with Crippen LogP contribution in [-0.4, -0.2) is 22.6 Å². The number of fused-ring (bicyclic) bond motifs is 1. The van der Waals surface area contributed by atoms with E-state index < -0.39 is 11.7 Å². The van der Waals surface area contributed by atoms with Gasteiger partial charge in [0.1, 0.15) is 5.60 Å². The summed E-state index contributed by atoms with van der Waals surface area (Å²) in [6.07, 6.45) is -0.498. The van der Waals surface area contributed by atoms with Crippen molar-refractivity contribution in [1.82, 2.24) is 4.98 Å². The summed E-state index contributed by atoms with van der Waals surface area (Å²) in [6, 6.07) is 5.48. The molecular formula is C23H27N3O3S. The number of nitrogens with one attached hydrogen (secondary N) is 2. The van der Waals surface area contributed by atoms with E-state index in [1.165, 1.54) is 11.3 Å². The maximum absolute atomic E-state index is 12.9. The molecule has 6 nitrogen and oxygen atoms in total. The monoisotopic (exact) mass is 425 g/mol. The van der Waals surface area contributed by atoms with Gasteiger partial charge >= 0.3 is 6.09 Å². The van der Waals surface area contributed by atoms with Crippen LogP contribution >= 0.6 is 11.3 Å². The quantitative estimate of drug-likeness (QED) is 0.529. The van der Waals surface area contributed by atoms with Crippen LogP contribution in [-0.2, 0) is 4.74 Å². The van der Waals surface area contributed by atoms with E-state index in [0.717, 1.165) is 38.2 Å². The summed E-state index contributed by atoms with van der Waals surface area (Å²) in [4.78, 5) is 29.4. The van der Waals surface area contributed by atoms with Crippen LogP contribution in [0.1, 0.15) is 53.4 Å². The average molecular weight is 426 g/mol. The Kier molecular flexibility index (Phi) is 5.85. The van der Waals surface area contributed by atoms with Crippen LogP contribution in [0.5, 0.6) is 0 Å². The lowest BCUT2D eigenvalue weighted by molar-refractivity contribution is 0.0635. The summed E-state index contributed by atoms with van der Waals surface area (Å²) in [5.41, 5.74) is 7.69. The van der Waals surface area contributed by atoms with Crippen molar-refractivity contribution >= 4 is 44.9 Å². The highest BCUT2D eigenvalue weighted by Crippen LogP contribution is 2.35. The Morgan fingerprint density at radius 1 is 0.933 bits per heavy atom. The zero-order valence-electron chi connectivity index (χ0n) is 18.4. The summed E-state index contributed by atoms with van der Waals surface area (Å²) >= 11 is 1.50. The molecule has 2 N–H and O–H groups in total. The normalized spacial score (nSPS) is 11.4. The summed E-state index contributed by atoms with van der Waals surface area (Å²) in [6.45, 7) is 13.2. The Hall–Kier alpha value is -2.93. The molecule has 0 aliphatic heterocycles. The minimum atomic E-state index is -0.580. The van der Waals surface area contributed by atoms with Gasteiger partial charge in [0, 0.05) is 11.3 Å². The molecule has 30 heavy (non-hydrogen) atoms. The van der Waals surface area contributed by atoms with Crippen molar-refractivity contribution in [3.8, 4) is 0 Å². The fourth-order valence-electron chi connectivity index (χ4n) is 3.28. The number of benzene rings is 2. The van der Waals surface area contributed by atoms with Crippen LogP contribution in [0.25, 0.3) is 10.2 Å². The molecule has 0 aliphatic carbocycles. The molecule has 0 fully saturated rings. The van der Waals surface area contributed by atoms with Gasteiger partial charge in [-0.15, -0.1) is 11.3 Å². The number of amides is 2. The summed E-state index contributed by atoms with van der Waals surface area (Å²) in [5.74, 6) is -0.178. The number of hydrogen-bond donors (Lipinski definition) is 2. The van der Waals surface area contributed by atoms with Gasteiger partial charge in [0.25, 0.3) is 5.91 Å². The third-order valence-electron chi connectivity index (χ3n) is 5.08. The molecular weight excluding hydrogens is 398 g/mol. The molecule has 0 saturated heterocycles. The number of carbonyl (C=O) groups excluding carboxylic acids is 2. The Labute approximate surface area is 180 Å². The zero-order valence-corrected chi connectivity index (χ0v) is 19.2. The minimum Gasteiger partial charge on any atom is -0.444 e. The number of nitrogens with zero attached hydrogens (tertiary/aromatic N) is 1. The molecule has 1 aromatic heterocycles. The average Bonchev–Trinajstić information content (AvgIpc) is 3.13. The fraction of sp³-hybridized carbons (Fsp3) is 0.348. The second-order valence-electron chi connectivity index (χ2n) is 8.37. The lowest BCUT2D eigenvalue weighted by atomic mass is 9.95. The summed E-state index contributed by atoms with van der Waals surface area (Å²) in [5, 5.41) is 5.92. The fourth-order valence-corrected chi connectivity index (χ4v) is 3.99. The van der Waals surface area contributed by atoms with Crippen molar-refractivity contribution in [3.05, 3.63) is 51.5 Å². The van der Waals surface area contributed by atoms with E-state index in [4.69, 9.17) is 4.74 Å². The lowest BCUT2D eigenvalue weighted by Crippen LogP contribution is -2.28. The van der Waals surface area contributed by atoms with Gasteiger partial charge in [-0.2, -0.15) is 0 Å². The Morgan fingerprint density at radius 2 is 1.50 bits per heavy atom. The predicted octanol–water partition coefficient (Wildman–Crippen LogP) is 6.13. The van der Waals surface area contributed by atoms with E-state index in [0.29, 0.717) is 11.3 Å². The third-order valence-corrected chi connectivity index (χ3v) is 5.87. The highest BCUT2D eigenvalue weighted by Gasteiger charge is 2.21. The molecule has 0 spiro atoms. The van der Waals surface area contributed by atoms with Crippen molar-refractivity contribution in [2.24, 2.45) is 0 Å². The molecule has 0 aliphatic rings. The van der Waals surface area contributed by atoms with Crippen molar-refractivity contribution in [3.63, 3.8) is 0 Å². The van der Waals surface area contributed by atoms with Crippen LogP contribution < -0.4 is 10.6 Å². The van der Waals surface area contributed by atoms with Gasteiger partial charge in [-0.25, -0.2) is 9.78 Å². The first kappa shape index (κ1) is 21.8. The third kappa shape index (κ3) is 4.46. The van der Waals surface area contributed by atoms with Gasteiger partial charge in [-0.3, -0.25) is 10.1 Å². The van der Waals surface area contributed by atoms with E-state index in [9.17, 15) is 9.59 Å². The Balaban J connectivity index is 1.90. The van der Waals surface area contributed by atoms with Crippen LogP contribution in [0.4, 0.5) is 16.2 Å². The number of thiazole rings is 1. The number of rotatable bonds is 3. The first-order valence-corrected chi connectivity index (χ1v) is 10.6. The minimum absolute atomic E-state index is 0.178. The molecule has 3 aromatic rings. The Bertz CT molecular complexity index is 1110. The number of ether oxygens (including phenoxy) is 1. The molecule has 0 saturated carbocycles. The second-order valence-corrected chi connectivity index (χ2v) is 9.25. The van der Waals surface area contributed by atoms with Crippen molar-refractivity contribution in [1.29, 1.82) is 0 Å². The van der Waals surface area contributed by atoms with Crippen LogP contribution in [0, 0.1) is 27.7 Å². The number of hydrogen-bond acceptors (Lipinski definition) is 5. The highest BCUT2D eigenvalue weighted by atomic mass is 32.1. The van der Waals surface area contributed by atoms with E-state index in [2.05, 4.69) is 15.6 Å². The van der Waals surface area contributed by atoms with E-state index in [1.54, 1.807) is 11.6 Å². The zero-order chi connectivity index (χ0) is 22.2. The Morgan fingerprint density at radius 3 is 2.07 bits per heavy atom. The molecule has 0 atom stereocenters. The molecule has 2 amide bonds. The highest BCUT2D eigenvalue weighted by molar-refractivity contribution is 7.16. The van der Waals surface area contributed by atoms with Gasteiger partial charge in [-0.1, -0.05) is 0 Å². The molecule has 0 unspecified atom stereocenters. The summed E-state index contributed by atoms with van der Waals surface area (Å²) in [7, 11) is 0. The molecule has 158 valence electrons. The number of anilines is 2. The van der Waals surface area contributed by atoms with E-state index in [-0.39, 0.29) is 5.91 Å². The second kappa shape index (κ2) is 8.07. The number of aromatic nitrogens is 1. The van der Waals surface area contributed by atoms with Crippen molar-refractivity contribution in [2.75, 3.05) is 10.6 Å². The van der Waals surface area contributed by atoms with E-state index >= 15 is 0 Å². The smallest absolute Gasteiger partial charge is 0.412 e. The molecule has 7 heteroatoms. The largest absolute Gasteiger partial charge is 0.444 e. The van der Waals surface area contributed by atoms with Gasteiger partial charge in [-0.05, 0) is 88.9 Å². The van der Waals surface area contributed by atoms with Crippen LogP contribution in [0.2, 0.25) is 0 Å². The number of carbonyl (C=O) groups is 2. The maximum Gasteiger partial charge on any atom is 0.412 e. The molecule has 1 heterocycles. The van der Waals surface area contributed by atoms with E-state index in [1.807, 2.05) is 60.6 Å². The molecule has 3 rings (SSSR count). The topological polar surface area (TPSA) is 80.3 Å². The predicted molar refractivity (Wildman–Crippen MR) is 123 cm³/mol. The molecule has 0 bridgehead atoms. The van der Waals surface area contributed by atoms with Crippen molar-refractivity contribution in [2.45, 2.75) is 54.1 Å². The SMILES string of the molecule is Cc1c(C)c(NC(=O)c2ccc3ncsc3c2)c(C)c(C)c1NC(=O)OC(C)(C)C. The van der Waals surface area contributed by atoms with Crippen LogP contribution in [0.3, 0.4) is 0 Å². The lowest BCUT2D eigenvalue weighted by Gasteiger charge is -2.24. The first-order valence-electron chi connectivity index (χ1n) is 9.73. The molecule has 0 radical (unpaired) electrons.